The molecule has 22 heavy (non-hydrogen) atoms. The highest BCUT2D eigenvalue weighted by atomic mass is 16.2. The van der Waals surface area contributed by atoms with E-state index >= 15 is 0 Å². The van der Waals surface area contributed by atoms with Crippen LogP contribution in [-0.4, -0.2) is 38.9 Å². The minimum absolute atomic E-state index is 0.0837. The molecular formula is C17H16N4O. The Hall–Kier alpha value is -2.69. The zero-order valence-corrected chi connectivity index (χ0v) is 12.1. The van der Waals surface area contributed by atoms with Crippen LogP contribution in [0.4, 0.5) is 0 Å². The third-order valence-corrected chi connectivity index (χ3v) is 4.21. The Morgan fingerprint density at radius 3 is 2.64 bits per heavy atom. The molecule has 5 nitrogen and oxygen atoms in total. The fourth-order valence-corrected chi connectivity index (χ4v) is 3.03. The van der Waals surface area contributed by atoms with E-state index in [9.17, 15) is 4.79 Å². The number of amides is 1. The monoisotopic (exact) mass is 292 g/mol. The van der Waals surface area contributed by atoms with Crippen LogP contribution in [0.2, 0.25) is 0 Å². The van der Waals surface area contributed by atoms with E-state index in [0.717, 1.165) is 29.3 Å². The number of hydrogen-bond donors (Lipinski definition) is 0. The van der Waals surface area contributed by atoms with Crippen molar-refractivity contribution in [1.82, 2.24) is 19.9 Å². The van der Waals surface area contributed by atoms with Gasteiger partial charge in [0.25, 0.3) is 5.91 Å². The summed E-state index contributed by atoms with van der Waals surface area (Å²) in [7, 11) is 0. The Kier molecular flexibility index (Phi) is 3.11. The molecule has 3 aromatic rings. The fourth-order valence-electron chi connectivity index (χ4n) is 3.03. The molecule has 4 rings (SSSR count). The molecule has 0 N–H and O–H groups in total. The van der Waals surface area contributed by atoms with E-state index in [1.807, 2.05) is 41.3 Å². The average molecular weight is 292 g/mol. The zero-order valence-electron chi connectivity index (χ0n) is 12.1. The molecule has 0 aliphatic carbocycles. The molecule has 1 aliphatic heterocycles. The van der Waals surface area contributed by atoms with Gasteiger partial charge in [0, 0.05) is 18.7 Å². The number of fused-ring (bicyclic) bond motifs is 1. The van der Waals surface area contributed by atoms with Gasteiger partial charge in [0.1, 0.15) is 0 Å². The normalized spacial score (nSPS) is 18.0. The third kappa shape index (κ3) is 2.24. The highest BCUT2D eigenvalue weighted by molar-refractivity contribution is 5.98. The summed E-state index contributed by atoms with van der Waals surface area (Å²) in [6, 6.07) is 14.1. The number of carbonyl (C=O) groups excluding carboxylic acids is 1. The van der Waals surface area contributed by atoms with Gasteiger partial charge in [-0.05, 0) is 29.3 Å². The van der Waals surface area contributed by atoms with Crippen molar-refractivity contribution >= 4 is 16.7 Å². The van der Waals surface area contributed by atoms with E-state index in [1.165, 1.54) is 0 Å². The van der Waals surface area contributed by atoms with Crippen LogP contribution >= 0.6 is 0 Å². The van der Waals surface area contributed by atoms with E-state index in [4.69, 9.17) is 0 Å². The van der Waals surface area contributed by atoms with Crippen LogP contribution in [0.25, 0.3) is 10.8 Å². The first kappa shape index (κ1) is 13.0. The maximum atomic E-state index is 12.7. The largest absolute Gasteiger partial charge is 0.336 e. The van der Waals surface area contributed by atoms with Crippen molar-refractivity contribution in [2.75, 3.05) is 13.1 Å². The minimum atomic E-state index is 0.0837. The first-order chi connectivity index (χ1) is 10.8. The highest BCUT2D eigenvalue weighted by Gasteiger charge is 2.28. The molecule has 1 atom stereocenters. The van der Waals surface area contributed by atoms with Crippen molar-refractivity contribution in [3.05, 3.63) is 60.4 Å². The Morgan fingerprint density at radius 2 is 1.82 bits per heavy atom. The summed E-state index contributed by atoms with van der Waals surface area (Å²) in [5.41, 5.74) is 0.743. The van der Waals surface area contributed by atoms with Crippen LogP contribution < -0.4 is 0 Å². The van der Waals surface area contributed by atoms with Crippen LogP contribution in [0.1, 0.15) is 22.8 Å². The molecule has 0 spiro atoms. The standard InChI is InChI=1S/C17H16N4O/c22-17(15-6-5-13-3-1-2-4-14(13)11-15)20-10-7-16(12-20)21-18-8-9-19-21/h1-6,8-9,11,16H,7,10,12H2. The SMILES string of the molecule is O=C(c1ccc2ccccc2c1)N1CCC(n2nccn2)C1. The van der Waals surface area contributed by atoms with E-state index in [1.54, 1.807) is 17.2 Å². The maximum absolute atomic E-state index is 12.7. The summed E-state index contributed by atoms with van der Waals surface area (Å²) in [6.45, 7) is 1.41. The zero-order chi connectivity index (χ0) is 14.9. The van der Waals surface area contributed by atoms with Crippen molar-refractivity contribution in [3.63, 3.8) is 0 Å². The molecule has 2 aromatic carbocycles. The number of carbonyl (C=O) groups is 1. The summed E-state index contributed by atoms with van der Waals surface area (Å²) in [6.07, 6.45) is 4.25. The molecule has 110 valence electrons. The second-order valence-corrected chi connectivity index (χ2v) is 5.61. The molecular weight excluding hydrogens is 276 g/mol. The Balaban J connectivity index is 1.56. The predicted molar refractivity (Wildman–Crippen MR) is 83.5 cm³/mol. The summed E-state index contributed by atoms with van der Waals surface area (Å²) in [5.74, 6) is 0.0837. The second kappa shape index (κ2) is 5.26. The van der Waals surface area contributed by atoms with Crippen molar-refractivity contribution < 1.29 is 4.79 Å². The summed E-state index contributed by atoms with van der Waals surface area (Å²) < 4.78 is 0. The fraction of sp³-hybridized carbons (Fsp3) is 0.235. The Labute approximate surface area is 128 Å². The molecule has 1 saturated heterocycles. The number of likely N-dealkylation sites (tertiary alicyclic amines) is 1. The molecule has 1 unspecified atom stereocenters. The van der Waals surface area contributed by atoms with Crippen molar-refractivity contribution in [1.29, 1.82) is 0 Å². The molecule has 2 heterocycles. The number of rotatable bonds is 2. The van der Waals surface area contributed by atoms with Gasteiger partial charge in [-0.2, -0.15) is 15.0 Å². The van der Waals surface area contributed by atoms with Crippen LogP contribution in [0.5, 0.6) is 0 Å². The lowest BCUT2D eigenvalue weighted by Gasteiger charge is -2.16. The van der Waals surface area contributed by atoms with Crippen LogP contribution in [0.3, 0.4) is 0 Å². The van der Waals surface area contributed by atoms with Gasteiger partial charge in [0.2, 0.25) is 0 Å². The lowest BCUT2D eigenvalue weighted by Crippen LogP contribution is -2.29. The van der Waals surface area contributed by atoms with Gasteiger partial charge in [0.05, 0.1) is 18.4 Å². The highest BCUT2D eigenvalue weighted by Crippen LogP contribution is 2.23. The molecule has 1 amide bonds. The van der Waals surface area contributed by atoms with Crippen LogP contribution in [-0.2, 0) is 0 Å². The molecule has 0 bridgehead atoms. The van der Waals surface area contributed by atoms with Crippen molar-refractivity contribution in [3.8, 4) is 0 Å². The molecule has 5 heteroatoms. The molecule has 0 radical (unpaired) electrons. The first-order valence-corrected chi connectivity index (χ1v) is 7.45. The van der Waals surface area contributed by atoms with Crippen molar-refractivity contribution in [2.45, 2.75) is 12.5 Å². The molecule has 0 saturated carbocycles. The van der Waals surface area contributed by atoms with Gasteiger partial charge in [-0.25, -0.2) is 0 Å². The first-order valence-electron chi connectivity index (χ1n) is 7.45. The van der Waals surface area contributed by atoms with Gasteiger partial charge in [-0.3, -0.25) is 4.79 Å². The summed E-state index contributed by atoms with van der Waals surface area (Å²) >= 11 is 0. The number of nitrogens with zero attached hydrogens (tertiary/aromatic N) is 4. The molecule has 1 aromatic heterocycles. The topological polar surface area (TPSA) is 51.0 Å². The van der Waals surface area contributed by atoms with Gasteiger partial charge in [-0.1, -0.05) is 30.3 Å². The van der Waals surface area contributed by atoms with E-state index in [2.05, 4.69) is 16.3 Å². The smallest absolute Gasteiger partial charge is 0.253 e. The number of aromatic nitrogens is 3. The quantitative estimate of drug-likeness (QED) is 0.729. The van der Waals surface area contributed by atoms with Crippen LogP contribution in [0, 0.1) is 0 Å². The predicted octanol–water partition coefficient (Wildman–Crippen LogP) is 2.52. The van der Waals surface area contributed by atoms with Crippen molar-refractivity contribution in [2.24, 2.45) is 0 Å². The lowest BCUT2D eigenvalue weighted by atomic mass is 10.1. The lowest BCUT2D eigenvalue weighted by molar-refractivity contribution is 0.0786. The third-order valence-electron chi connectivity index (χ3n) is 4.21. The second-order valence-electron chi connectivity index (χ2n) is 5.61. The Morgan fingerprint density at radius 1 is 1.05 bits per heavy atom. The van der Waals surface area contributed by atoms with Crippen LogP contribution in [0.15, 0.2) is 54.9 Å². The Bertz CT molecular complexity index is 812. The summed E-state index contributed by atoms with van der Waals surface area (Å²) in [4.78, 5) is 16.3. The van der Waals surface area contributed by atoms with E-state index in [-0.39, 0.29) is 11.9 Å². The summed E-state index contributed by atoms with van der Waals surface area (Å²) in [5, 5.41) is 10.6. The van der Waals surface area contributed by atoms with Gasteiger partial charge < -0.3 is 4.90 Å². The maximum Gasteiger partial charge on any atom is 0.253 e. The average Bonchev–Trinajstić information content (AvgIpc) is 3.24. The van der Waals surface area contributed by atoms with Gasteiger partial charge in [-0.15, -0.1) is 0 Å². The molecule has 1 fully saturated rings. The van der Waals surface area contributed by atoms with Gasteiger partial charge in [0.15, 0.2) is 0 Å². The number of benzene rings is 2. The molecule has 1 aliphatic rings. The van der Waals surface area contributed by atoms with E-state index in [0.29, 0.717) is 6.54 Å². The van der Waals surface area contributed by atoms with E-state index < -0.39 is 0 Å². The minimum Gasteiger partial charge on any atom is -0.336 e. The number of hydrogen-bond acceptors (Lipinski definition) is 3. The van der Waals surface area contributed by atoms with Gasteiger partial charge >= 0.3 is 0 Å².